The van der Waals surface area contributed by atoms with Gasteiger partial charge in [-0.15, -0.1) is 4.91 Å². The number of rotatable bonds is 3. The first-order chi connectivity index (χ1) is 6.54. The summed E-state index contributed by atoms with van der Waals surface area (Å²) in [5.41, 5.74) is 0.739. The van der Waals surface area contributed by atoms with Crippen LogP contribution in [0.5, 0.6) is 0 Å². The summed E-state index contributed by atoms with van der Waals surface area (Å²) >= 11 is 0. The predicted octanol–water partition coefficient (Wildman–Crippen LogP) is 1.80. The lowest BCUT2D eigenvalue weighted by atomic mass is 10.2. The van der Waals surface area contributed by atoms with Gasteiger partial charge in [0.25, 0.3) is 0 Å². The summed E-state index contributed by atoms with van der Waals surface area (Å²) in [5, 5.41) is 3.02. The molecule has 0 bridgehead atoms. The van der Waals surface area contributed by atoms with E-state index in [0.717, 1.165) is 5.56 Å². The molecule has 0 aliphatic heterocycles. The van der Waals surface area contributed by atoms with Crippen LogP contribution in [0.2, 0.25) is 0 Å². The summed E-state index contributed by atoms with van der Waals surface area (Å²) in [7, 11) is 0. The van der Waals surface area contributed by atoms with Crippen molar-refractivity contribution in [3.8, 4) is 0 Å². The van der Waals surface area contributed by atoms with Crippen molar-refractivity contribution in [1.29, 1.82) is 0 Å². The fraction of sp³-hybridized carbons (Fsp3) is 0.250. The molecule has 0 atom stereocenters. The maximum atomic E-state index is 10.3. The molecule has 0 saturated heterocycles. The summed E-state index contributed by atoms with van der Waals surface area (Å²) in [4.78, 5) is 10.3. The van der Waals surface area contributed by atoms with E-state index >= 15 is 0 Å². The van der Waals surface area contributed by atoms with E-state index < -0.39 is 6.98 Å². The normalized spacial score (nSPS) is 14.4. The van der Waals surface area contributed by atoms with Gasteiger partial charge in [-0.1, -0.05) is 30.3 Å². The Labute approximate surface area is 69.8 Å². The summed E-state index contributed by atoms with van der Waals surface area (Å²) < 4.78 is 21.0. The standard InChI is InChI=1S/C8H10N2O/c1-10(9-11)7-8-5-3-2-4-6-8/h2-6H,7H2,1H3/i1D3. The van der Waals surface area contributed by atoms with Crippen molar-refractivity contribution in [2.24, 2.45) is 5.29 Å². The highest BCUT2D eigenvalue weighted by Gasteiger charge is 1.94. The van der Waals surface area contributed by atoms with Gasteiger partial charge in [-0.05, 0) is 5.56 Å². The second kappa shape index (κ2) is 3.71. The van der Waals surface area contributed by atoms with Gasteiger partial charge in [0.15, 0.2) is 0 Å². The van der Waals surface area contributed by atoms with Crippen LogP contribution in [0.1, 0.15) is 9.68 Å². The van der Waals surface area contributed by atoms with Gasteiger partial charge in [-0.3, -0.25) is 5.01 Å². The molecule has 0 saturated carbocycles. The minimum absolute atomic E-state index is 0.000833. The molecule has 0 heterocycles. The number of nitroso groups, excluding NO2 is 1. The smallest absolute Gasteiger partial charge is 0.0639 e. The van der Waals surface area contributed by atoms with Crippen LogP contribution in [-0.2, 0) is 6.54 Å². The Bertz CT molecular complexity index is 299. The lowest BCUT2D eigenvalue weighted by Crippen LogP contribution is -2.08. The third-order valence-electron chi connectivity index (χ3n) is 1.27. The lowest BCUT2D eigenvalue weighted by Gasteiger charge is -2.06. The number of nitrogens with zero attached hydrogens (tertiary/aromatic N) is 2. The van der Waals surface area contributed by atoms with Crippen LogP contribution in [0.25, 0.3) is 0 Å². The number of hydrogen-bond acceptors (Lipinski definition) is 2. The molecule has 0 aliphatic rings. The molecule has 0 amide bonds. The second-order valence-corrected chi connectivity index (χ2v) is 2.12. The SMILES string of the molecule is [2H]C([2H])([2H])N(Cc1ccccc1)N=O. The summed E-state index contributed by atoms with van der Waals surface area (Å²) in [5.74, 6) is 0. The van der Waals surface area contributed by atoms with Crippen molar-refractivity contribution in [2.75, 3.05) is 6.98 Å². The first-order valence-electron chi connectivity index (χ1n) is 4.69. The average Bonchev–Trinajstić information content (AvgIpc) is 2.14. The van der Waals surface area contributed by atoms with Gasteiger partial charge in [0, 0.05) is 11.1 Å². The molecule has 1 rings (SSSR count). The highest BCUT2D eigenvalue weighted by atomic mass is 16.3. The molecular formula is C8H10N2O. The van der Waals surface area contributed by atoms with E-state index in [0.29, 0.717) is 5.01 Å². The van der Waals surface area contributed by atoms with Crippen molar-refractivity contribution in [3.05, 3.63) is 40.8 Å². The molecule has 0 spiro atoms. The molecule has 0 aromatic heterocycles. The zero-order valence-corrected chi connectivity index (χ0v) is 5.90. The van der Waals surface area contributed by atoms with Gasteiger partial charge in [-0.25, -0.2) is 0 Å². The lowest BCUT2D eigenvalue weighted by molar-refractivity contribution is 0.342. The Hall–Kier alpha value is -1.38. The van der Waals surface area contributed by atoms with E-state index in [4.69, 9.17) is 4.11 Å². The molecule has 0 N–H and O–H groups in total. The minimum atomic E-state index is -2.47. The van der Waals surface area contributed by atoms with Crippen molar-refractivity contribution in [2.45, 2.75) is 6.54 Å². The molecule has 0 unspecified atom stereocenters. The van der Waals surface area contributed by atoms with Gasteiger partial charge in [0.2, 0.25) is 0 Å². The first-order valence-corrected chi connectivity index (χ1v) is 3.19. The molecule has 58 valence electrons. The molecule has 0 aliphatic carbocycles. The topological polar surface area (TPSA) is 32.7 Å². The van der Waals surface area contributed by atoms with Crippen LogP contribution in [0.15, 0.2) is 35.6 Å². The quantitative estimate of drug-likeness (QED) is 0.490. The third kappa shape index (κ3) is 2.37. The number of hydrogen-bond donors (Lipinski definition) is 0. The van der Waals surface area contributed by atoms with E-state index in [1.54, 1.807) is 24.3 Å². The summed E-state index contributed by atoms with van der Waals surface area (Å²) in [6, 6.07) is 8.85. The molecule has 11 heavy (non-hydrogen) atoms. The predicted molar refractivity (Wildman–Crippen MR) is 43.7 cm³/mol. The molecular weight excluding hydrogens is 140 g/mol. The van der Waals surface area contributed by atoms with Crippen LogP contribution in [0.3, 0.4) is 0 Å². The van der Waals surface area contributed by atoms with Gasteiger partial charge in [0.05, 0.1) is 11.8 Å². The third-order valence-corrected chi connectivity index (χ3v) is 1.27. The van der Waals surface area contributed by atoms with Crippen molar-refractivity contribution < 1.29 is 4.11 Å². The fourth-order valence-electron chi connectivity index (χ4n) is 0.785. The van der Waals surface area contributed by atoms with E-state index in [1.807, 2.05) is 6.07 Å². The van der Waals surface area contributed by atoms with Gasteiger partial charge >= 0.3 is 0 Å². The Morgan fingerprint density at radius 3 is 2.82 bits per heavy atom. The Morgan fingerprint density at radius 2 is 2.27 bits per heavy atom. The van der Waals surface area contributed by atoms with E-state index in [2.05, 4.69) is 5.29 Å². The van der Waals surface area contributed by atoms with Gasteiger partial charge in [-0.2, -0.15) is 0 Å². The van der Waals surface area contributed by atoms with Crippen LogP contribution in [-0.4, -0.2) is 12.0 Å². The van der Waals surface area contributed by atoms with E-state index in [9.17, 15) is 4.91 Å². The average molecular weight is 153 g/mol. The van der Waals surface area contributed by atoms with Crippen LogP contribution in [0, 0.1) is 4.91 Å². The second-order valence-electron chi connectivity index (χ2n) is 2.12. The van der Waals surface area contributed by atoms with Crippen LogP contribution < -0.4 is 0 Å². The van der Waals surface area contributed by atoms with Crippen molar-refractivity contribution in [1.82, 2.24) is 5.01 Å². The Morgan fingerprint density at radius 1 is 1.55 bits per heavy atom. The van der Waals surface area contributed by atoms with Crippen molar-refractivity contribution >= 4 is 0 Å². The van der Waals surface area contributed by atoms with Crippen LogP contribution >= 0.6 is 0 Å². The molecule has 1 aromatic rings. The first kappa shape index (κ1) is 4.49. The highest BCUT2D eigenvalue weighted by molar-refractivity contribution is 5.14. The van der Waals surface area contributed by atoms with E-state index in [1.165, 1.54) is 0 Å². The van der Waals surface area contributed by atoms with Crippen LogP contribution in [0.4, 0.5) is 0 Å². The molecule has 1 aromatic carbocycles. The largest absolute Gasteiger partial charge is 0.260 e. The maximum Gasteiger partial charge on any atom is 0.0639 e. The maximum absolute atomic E-state index is 10.3. The monoisotopic (exact) mass is 153 g/mol. The molecule has 0 fully saturated rings. The molecule has 3 nitrogen and oxygen atoms in total. The zero-order chi connectivity index (χ0) is 10.6. The highest BCUT2D eigenvalue weighted by Crippen LogP contribution is 2.01. The summed E-state index contributed by atoms with van der Waals surface area (Å²) in [6.07, 6.45) is 0. The van der Waals surface area contributed by atoms with E-state index in [-0.39, 0.29) is 6.54 Å². The van der Waals surface area contributed by atoms with Gasteiger partial charge < -0.3 is 0 Å². The Kier molecular flexibility index (Phi) is 1.51. The zero-order valence-electron chi connectivity index (χ0n) is 8.90. The minimum Gasteiger partial charge on any atom is -0.260 e. The summed E-state index contributed by atoms with van der Waals surface area (Å²) in [6.45, 7) is -2.47. The van der Waals surface area contributed by atoms with Gasteiger partial charge in [0.1, 0.15) is 0 Å². The number of benzene rings is 1. The fourth-order valence-corrected chi connectivity index (χ4v) is 0.785. The Balaban J connectivity index is 2.72. The van der Waals surface area contributed by atoms with Crippen molar-refractivity contribution in [3.63, 3.8) is 0 Å². The molecule has 3 heteroatoms. The molecule has 0 radical (unpaired) electrons.